The van der Waals surface area contributed by atoms with Crippen LogP contribution in [0.1, 0.15) is 40.8 Å². The van der Waals surface area contributed by atoms with Gasteiger partial charge in [-0.25, -0.2) is 0 Å². The number of ether oxygens (including phenoxy) is 1. The monoisotopic (exact) mass is 467 g/mol. The molecule has 3 aromatic carbocycles. The van der Waals surface area contributed by atoms with Crippen LogP contribution in [0.4, 0.5) is 5.69 Å². The highest BCUT2D eigenvalue weighted by molar-refractivity contribution is 6.15. The van der Waals surface area contributed by atoms with Gasteiger partial charge < -0.3 is 4.74 Å². The number of carbonyl (C=O) groups excluding carboxylic acids is 1. The Labute approximate surface area is 200 Å². The van der Waals surface area contributed by atoms with Crippen LogP contribution in [0.15, 0.2) is 83.9 Å². The molecule has 1 atom stereocenters. The molecular weight excluding hydrogens is 446 g/mol. The second-order valence-electron chi connectivity index (χ2n) is 8.11. The number of non-ortho nitro benzene ring substituents is 1. The minimum Gasteiger partial charge on any atom is -0.461 e. The van der Waals surface area contributed by atoms with E-state index in [-0.39, 0.29) is 18.7 Å². The molecule has 1 unspecified atom stereocenters. The molecule has 9 heteroatoms. The summed E-state index contributed by atoms with van der Waals surface area (Å²) < 4.78 is 7.31. The van der Waals surface area contributed by atoms with Crippen molar-refractivity contribution >= 4 is 17.4 Å². The number of hydrogen-bond acceptors (Lipinski definition) is 7. The molecule has 0 bridgehead atoms. The van der Waals surface area contributed by atoms with Crippen molar-refractivity contribution in [1.82, 2.24) is 14.8 Å². The zero-order valence-corrected chi connectivity index (χ0v) is 18.9. The maximum Gasteiger partial charge on any atom is 0.308 e. The summed E-state index contributed by atoms with van der Waals surface area (Å²) in [6.07, 6.45) is -0.0582. The van der Waals surface area contributed by atoms with E-state index in [9.17, 15) is 14.9 Å². The third-order valence-electron chi connectivity index (χ3n) is 5.77. The summed E-state index contributed by atoms with van der Waals surface area (Å²) in [5.41, 5.74) is 3.36. The molecule has 1 aliphatic rings. The van der Waals surface area contributed by atoms with Gasteiger partial charge in [0.1, 0.15) is 18.5 Å². The lowest BCUT2D eigenvalue weighted by Crippen LogP contribution is -2.13. The first-order valence-electron chi connectivity index (χ1n) is 11.0. The predicted molar refractivity (Wildman–Crippen MR) is 128 cm³/mol. The first-order valence-corrected chi connectivity index (χ1v) is 11.0. The van der Waals surface area contributed by atoms with Crippen LogP contribution in [-0.2, 0) is 16.1 Å². The molecule has 9 nitrogen and oxygen atoms in total. The second kappa shape index (κ2) is 9.30. The number of aromatic nitrogens is 3. The summed E-state index contributed by atoms with van der Waals surface area (Å²) >= 11 is 0. The molecule has 35 heavy (non-hydrogen) atoms. The van der Waals surface area contributed by atoms with Crippen molar-refractivity contribution in [2.45, 2.75) is 26.0 Å². The van der Waals surface area contributed by atoms with Gasteiger partial charge in [0.25, 0.3) is 5.69 Å². The standard InChI is InChI=1S/C26H21N5O4/c1-17-28-29-26-22(15-24(32)35-16-18-8-4-2-5-9-18)27-25(19-10-6-3-7-11-19)21-14-20(31(33)34)12-13-23(21)30(17)26/h2-14,22H,15-16H2,1H3. The van der Waals surface area contributed by atoms with Crippen LogP contribution >= 0.6 is 0 Å². The maximum atomic E-state index is 12.8. The van der Waals surface area contributed by atoms with Crippen molar-refractivity contribution < 1.29 is 14.5 Å². The molecule has 0 spiro atoms. The quantitative estimate of drug-likeness (QED) is 0.234. The van der Waals surface area contributed by atoms with Crippen LogP contribution in [0.3, 0.4) is 0 Å². The number of aryl methyl sites for hydroxylation is 1. The van der Waals surface area contributed by atoms with Crippen molar-refractivity contribution in [3.8, 4) is 5.69 Å². The van der Waals surface area contributed by atoms with Crippen LogP contribution in [-0.4, -0.2) is 31.4 Å². The fraction of sp³-hybridized carbons (Fsp3) is 0.154. The van der Waals surface area contributed by atoms with Gasteiger partial charge in [-0.2, -0.15) is 0 Å². The van der Waals surface area contributed by atoms with E-state index in [0.717, 1.165) is 11.1 Å². The largest absolute Gasteiger partial charge is 0.461 e. The highest BCUT2D eigenvalue weighted by atomic mass is 16.6. The van der Waals surface area contributed by atoms with E-state index < -0.39 is 16.9 Å². The number of carbonyl (C=O) groups is 1. The van der Waals surface area contributed by atoms with Gasteiger partial charge in [0, 0.05) is 23.3 Å². The average molecular weight is 467 g/mol. The third-order valence-corrected chi connectivity index (χ3v) is 5.77. The number of rotatable bonds is 6. The Bertz CT molecular complexity index is 1430. The van der Waals surface area contributed by atoms with Gasteiger partial charge in [-0.3, -0.25) is 24.5 Å². The van der Waals surface area contributed by atoms with Crippen molar-refractivity contribution in [3.63, 3.8) is 0 Å². The minimum absolute atomic E-state index is 0.0552. The minimum atomic E-state index is -0.693. The van der Waals surface area contributed by atoms with E-state index in [4.69, 9.17) is 9.73 Å². The van der Waals surface area contributed by atoms with Gasteiger partial charge in [0.2, 0.25) is 0 Å². The van der Waals surface area contributed by atoms with Crippen LogP contribution < -0.4 is 0 Å². The molecule has 174 valence electrons. The van der Waals surface area contributed by atoms with Crippen LogP contribution in [0, 0.1) is 17.0 Å². The normalized spacial score (nSPS) is 14.3. The number of hydrogen-bond donors (Lipinski definition) is 0. The summed E-state index contributed by atoms with van der Waals surface area (Å²) in [5.74, 6) is 0.626. The molecule has 0 saturated carbocycles. The highest BCUT2D eigenvalue weighted by Gasteiger charge is 2.31. The van der Waals surface area contributed by atoms with Gasteiger partial charge in [-0.1, -0.05) is 60.7 Å². The number of fused-ring (bicyclic) bond motifs is 3. The Morgan fingerprint density at radius 3 is 2.46 bits per heavy atom. The van der Waals surface area contributed by atoms with Gasteiger partial charge in [0.15, 0.2) is 5.82 Å². The molecule has 0 amide bonds. The van der Waals surface area contributed by atoms with Gasteiger partial charge in [-0.05, 0) is 18.6 Å². The third kappa shape index (κ3) is 4.43. The van der Waals surface area contributed by atoms with Crippen molar-refractivity contribution in [1.29, 1.82) is 0 Å². The summed E-state index contributed by atoms with van der Waals surface area (Å²) in [6, 6.07) is 22.7. The molecule has 1 aromatic heterocycles. The smallest absolute Gasteiger partial charge is 0.308 e. The van der Waals surface area contributed by atoms with Crippen molar-refractivity contribution in [2.24, 2.45) is 4.99 Å². The lowest BCUT2D eigenvalue weighted by atomic mass is 9.99. The van der Waals surface area contributed by atoms with E-state index in [1.54, 1.807) is 17.6 Å². The fourth-order valence-corrected chi connectivity index (χ4v) is 4.12. The van der Waals surface area contributed by atoms with E-state index in [2.05, 4.69) is 10.2 Å². The topological polar surface area (TPSA) is 113 Å². The second-order valence-corrected chi connectivity index (χ2v) is 8.11. The summed E-state index contributed by atoms with van der Waals surface area (Å²) in [5, 5.41) is 20.1. The fourth-order valence-electron chi connectivity index (χ4n) is 4.12. The maximum absolute atomic E-state index is 12.8. The van der Waals surface area contributed by atoms with Crippen LogP contribution in [0.5, 0.6) is 0 Å². The number of esters is 1. The predicted octanol–water partition coefficient (Wildman–Crippen LogP) is 4.51. The zero-order chi connectivity index (χ0) is 24.4. The van der Waals surface area contributed by atoms with Crippen molar-refractivity contribution in [2.75, 3.05) is 0 Å². The number of nitro groups is 1. The summed E-state index contributed by atoms with van der Waals surface area (Å²) in [7, 11) is 0. The Morgan fingerprint density at radius 1 is 1.03 bits per heavy atom. The van der Waals surface area contributed by atoms with Gasteiger partial charge in [0.05, 0.1) is 22.7 Å². The highest BCUT2D eigenvalue weighted by Crippen LogP contribution is 2.34. The molecule has 0 aliphatic carbocycles. The Balaban J connectivity index is 1.58. The van der Waals surface area contributed by atoms with Gasteiger partial charge in [-0.15, -0.1) is 10.2 Å². The van der Waals surface area contributed by atoms with Crippen LogP contribution in [0.25, 0.3) is 5.69 Å². The van der Waals surface area contributed by atoms with E-state index in [0.29, 0.717) is 28.6 Å². The lowest BCUT2D eigenvalue weighted by Gasteiger charge is -2.12. The first kappa shape index (κ1) is 22.1. The zero-order valence-electron chi connectivity index (χ0n) is 18.9. The van der Waals surface area contributed by atoms with Gasteiger partial charge >= 0.3 is 5.97 Å². The first-order chi connectivity index (χ1) is 17.0. The van der Waals surface area contributed by atoms with Crippen molar-refractivity contribution in [3.05, 3.63) is 117 Å². The Hall–Kier alpha value is -4.66. The summed E-state index contributed by atoms with van der Waals surface area (Å²) in [4.78, 5) is 28.9. The molecule has 0 N–H and O–H groups in total. The van der Waals surface area contributed by atoms with Crippen LogP contribution in [0.2, 0.25) is 0 Å². The lowest BCUT2D eigenvalue weighted by molar-refractivity contribution is -0.384. The van der Waals surface area contributed by atoms with E-state index in [1.165, 1.54) is 12.1 Å². The molecule has 4 aromatic rings. The Kier molecular flexibility index (Phi) is 5.88. The number of nitro benzene ring substituents is 1. The number of nitrogens with zero attached hydrogens (tertiary/aromatic N) is 5. The molecule has 0 fully saturated rings. The molecule has 2 heterocycles. The SMILES string of the molecule is Cc1nnc2n1-c1ccc([N+](=O)[O-])cc1C(c1ccccc1)=NC2CC(=O)OCc1ccccc1. The molecule has 5 rings (SSSR count). The molecule has 1 aliphatic heterocycles. The average Bonchev–Trinajstić information content (AvgIpc) is 3.20. The molecule has 0 radical (unpaired) electrons. The summed E-state index contributed by atoms with van der Waals surface area (Å²) in [6.45, 7) is 1.94. The Morgan fingerprint density at radius 2 is 1.74 bits per heavy atom. The number of benzene rings is 3. The molecule has 0 saturated heterocycles. The molecular formula is C26H21N5O4. The van der Waals surface area contributed by atoms with E-state index >= 15 is 0 Å². The number of aliphatic imine (C=N–C) groups is 1. The van der Waals surface area contributed by atoms with E-state index in [1.807, 2.05) is 60.7 Å².